The first-order chi connectivity index (χ1) is 7.20. The molecule has 82 valence electrons. The molecule has 0 fully saturated rings. The van der Waals surface area contributed by atoms with Crippen molar-refractivity contribution in [1.82, 2.24) is 0 Å². The molecule has 0 saturated heterocycles. The predicted molar refractivity (Wildman–Crippen MR) is 64.5 cm³/mol. The third-order valence-electron chi connectivity index (χ3n) is 2.44. The molecule has 1 rings (SSSR count). The largest absolute Gasteiger partial charge is 0.630 e. The zero-order chi connectivity index (χ0) is 11.3. The number of nitrogens with two attached hydrogens (primary N) is 1. The SMILES string of the molecule is CC/C=C(\c1ccccc1[NH2+][O-])C(C)C. The summed E-state index contributed by atoms with van der Waals surface area (Å²) in [5.41, 5.74) is 4.05. The van der Waals surface area contributed by atoms with Crippen LogP contribution in [0.5, 0.6) is 0 Å². The van der Waals surface area contributed by atoms with Crippen molar-refractivity contribution in [3.8, 4) is 0 Å². The van der Waals surface area contributed by atoms with Crippen LogP contribution in [0, 0.1) is 11.1 Å². The summed E-state index contributed by atoms with van der Waals surface area (Å²) in [6.07, 6.45) is 3.20. The highest BCUT2D eigenvalue weighted by Gasteiger charge is 2.10. The molecular weight excluding hydrogens is 186 g/mol. The van der Waals surface area contributed by atoms with E-state index in [1.54, 1.807) is 0 Å². The van der Waals surface area contributed by atoms with Gasteiger partial charge in [0.25, 0.3) is 0 Å². The molecule has 0 aliphatic carbocycles. The van der Waals surface area contributed by atoms with Crippen molar-refractivity contribution < 1.29 is 5.48 Å². The highest BCUT2D eigenvalue weighted by Crippen LogP contribution is 2.27. The molecule has 0 amide bonds. The molecule has 1 aromatic rings. The van der Waals surface area contributed by atoms with Crippen molar-refractivity contribution in [3.05, 3.63) is 41.1 Å². The summed E-state index contributed by atoms with van der Waals surface area (Å²) < 4.78 is 0. The molecule has 1 aromatic carbocycles. The Morgan fingerprint density at radius 1 is 1.40 bits per heavy atom. The van der Waals surface area contributed by atoms with Gasteiger partial charge in [-0.05, 0) is 30.0 Å². The van der Waals surface area contributed by atoms with Gasteiger partial charge in [0.05, 0.1) is 0 Å². The van der Waals surface area contributed by atoms with Gasteiger partial charge in [0.1, 0.15) is 5.69 Å². The van der Waals surface area contributed by atoms with Crippen LogP contribution in [0.25, 0.3) is 5.57 Å². The van der Waals surface area contributed by atoms with Crippen molar-refractivity contribution in [3.63, 3.8) is 0 Å². The first-order valence-corrected chi connectivity index (χ1v) is 5.45. The Morgan fingerprint density at radius 2 is 2.07 bits per heavy atom. The summed E-state index contributed by atoms with van der Waals surface area (Å²) in [5.74, 6) is 0.450. The van der Waals surface area contributed by atoms with E-state index in [2.05, 4.69) is 26.8 Å². The van der Waals surface area contributed by atoms with E-state index < -0.39 is 0 Å². The van der Waals surface area contributed by atoms with Gasteiger partial charge >= 0.3 is 0 Å². The van der Waals surface area contributed by atoms with Crippen LogP contribution in [0.3, 0.4) is 0 Å². The van der Waals surface area contributed by atoms with E-state index in [4.69, 9.17) is 0 Å². The van der Waals surface area contributed by atoms with Crippen molar-refractivity contribution >= 4 is 11.3 Å². The summed E-state index contributed by atoms with van der Waals surface area (Å²) >= 11 is 0. The number of rotatable bonds is 4. The van der Waals surface area contributed by atoms with Crippen LogP contribution in [0.4, 0.5) is 5.69 Å². The number of quaternary nitrogens is 1. The van der Waals surface area contributed by atoms with E-state index in [9.17, 15) is 5.21 Å². The highest BCUT2D eigenvalue weighted by molar-refractivity contribution is 5.73. The quantitative estimate of drug-likeness (QED) is 0.596. The molecule has 0 radical (unpaired) electrons. The van der Waals surface area contributed by atoms with Gasteiger partial charge in [-0.2, -0.15) is 0 Å². The van der Waals surface area contributed by atoms with E-state index in [0.29, 0.717) is 5.92 Å². The van der Waals surface area contributed by atoms with Gasteiger partial charge in [-0.1, -0.05) is 39.0 Å². The molecule has 2 heteroatoms. The Labute approximate surface area is 91.6 Å². The Morgan fingerprint density at radius 3 is 2.60 bits per heavy atom. The maximum atomic E-state index is 10.9. The van der Waals surface area contributed by atoms with E-state index in [-0.39, 0.29) is 0 Å². The summed E-state index contributed by atoms with van der Waals surface area (Å²) in [5, 5.41) is 10.9. The van der Waals surface area contributed by atoms with E-state index in [1.807, 2.05) is 24.3 Å². The van der Waals surface area contributed by atoms with Crippen LogP contribution in [-0.4, -0.2) is 0 Å². The average Bonchev–Trinajstić information content (AvgIpc) is 2.25. The summed E-state index contributed by atoms with van der Waals surface area (Å²) in [6, 6.07) is 7.77. The van der Waals surface area contributed by atoms with Gasteiger partial charge in [-0.3, -0.25) is 0 Å². The molecule has 0 spiro atoms. The molecule has 0 aliphatic rings. The third-order valence-corrected chi connectivity index (χ3v) is 2.44. The normalized spacial score (nSPS) is 12.2. The molecule has 0 aromatic heterocycles. The van der Waals surface area contributed by atoms with Crippen molar-refractivity contribution in [2.45, 2.75) is 27.2 Å². The minimum absolute atomic E-state index is 0.450. The molecule has 0 unspecified atom stereocenters. The maximum Gasteiger partial charge on any atom is 0.137 e. The Bertz CT molecular complexity index is 342. The number of benzene rings is 1. The van der Waals surface area contributed by atoms with Crippen LogP contribution < -0.4 is 5.48 Å². The number of hydrogen-bond donors (Lipinski definition) is 1. The standard InChI is InChI=1S/C13H19NO/c1-4-7-11(10(2)3)12-8-5-6-9-13(12)14-15/h5-10H,4,14H2,1-3H3/b11-7-. The van der Waals surface area contributed by atoms with Gasteiger partial charge in [0.15, 0.2) is 0 Å². The Balaban J connectivity index is 3.16. The molecule has 0 aliphatic heterocycles. The molecule has 0 bridgehead atoms. The van der Waals surface area contributed by atoms with Gasteiger partial charge in [0.2, 0.25) is 0 Å². The zero-order valence-corrected chi connectivity index (χ0v) is 9.66. The molecule has 0 atom stereocenters. The maximum absolute atomic E-state index is 10.9. The topological polar surface area (TPSA) is 39.7 Å². The average molecular weight is 205 g/mol. The third kappa shape index (κ3) is 2.91. The molecular formula is C13H19NO. The van der Waals surface area contributed by atoms with E-state index >= 15 is 0 Å². The van der Waals surface area contributed by atoms with E-state index in [1.165, 1.54) is 5.57 Å². The van der Waals surface area contributed by atoms with Crippen LogP contribution >= 0.6 is 0 Å². The molecule has 2 N–H and O–H groups in total. The van der Waals surface area contributed by atoms with Crippen LogP contribution in [0.15, 0.2) is 30.3 Å². The second-order valence-corrected chi connectivity index (χ2v) is 3.93. The number of hydrogen-bond acceptors (Lipinski definition) is 1. The second-order valence-electron chi connectivity index (χ2n) is 3.93. The van der Waals surface area contributed by atoms with E-state index in [0.717, 1.165) is 23.2 Å². The summed E-state index contributed by atoms with van der Waals surface area (Å²) in [4.78, 5) is 0. The Kier molecular flexibility index (Phi) is 4.53. The van der Waals surface area contributed by atoms with Gasteiger partial charge < -0.3 is 10.7 Å². The fourth-order valence-corrected chi connectivity index (χ4v) is 1.74. The van der Waals surface area contributed by atoms with Crippen LogP contribution in [-0.2, 0) is 0 Å². The highest BCUT2D eigenvalue weighted by atomic mass is 16.5. The summed E-state index contributed by atoms with van der Waals surface area (Å²) in [6.45, 7) is 6.43. The molecule has 0 heterocycles. The lowest BCUT2D eigenvalue weighted by Gasteiger charge is -2.15. The first kappa shape index (κ1) is 12.0. The fourth-order valence-electron chi connectivity index (χ4n) is 1.74. The lowest BCUT2D eigenvalue weighted by Crippen LogP contribution is -2.70. The molecule has 0 saturated carbocycles. The lowest BCUT2D eigenvalue weighted by atomic mass is 9.93. The Hall–Kier alpha value is -1.12. The van der Waals surface area contributed by atoms with Crippen molar-refractivity contribution in [2.24, 2.45) is 5.92 Å². The second kappa shape index (κ2) is 5.69. The summed E-state index contributed by atoms with van der Waals surface area (Å²) in [7, 11) is 0. The number of allylic oxidation sites excluding steroid dienone is 2. The van der Waals surface area contributed by atoms with Gasteiger partial charge in [-0.25, -0.2) is 0 Å². The molecule has 15 heavy (non-hydrogen) atoms. The van der Waals surface area contributed by atoms with Crippen LogP contribution in [0.1, 0.15) is 32.8 Å². The smallest absolute Gasteiger partial charge is 0.137 e. The predicted octanol–water partition coefficient (Wildman–Crippen LogP) is 2.83. The minimum atomic E-state index is 0.450. The monoisotopic (exact) mass is 205 g/mol. The zero-order valence-electron chi connectivity index (χ0n) is 9.66. The van der Waals surface area contributed by atoms with Gasteiger partial charge in [-0.15, -0.1) is 0 Å². The fraction of sp³-hybridized carbons (Fsp3) is 0.385. The minimum Gasteiger partial charge on any atom is -0.630 e. The van der Waals surface area contributed by atoms with Crippen LogP contribution in [0.2, 0.25) is 0 Å². The van der Waals surface area contributed by atoms with Gasteiger partial charge in [0, 0.05) is 5.56 Å². The first-order valence-electron chi connectivity index (χ1n) is 5.45. The molecule has 2 nitrogen and oxygen atoms in total. The van der Waals surface area contributed by atoms with Crippen molar-refractivity contribution in [1.29, 1.82) is 0 Å². The van der Waals surface area contributed by atoms with Crippen molar-refractivity contribution in [2.75, 3.05) is 0 Å². The lowest BCUT2D eigenvalue weighted by molar-refractivity contribution is -0.497.